The van der Waals surface area contributed by atoms with E-state index in [0.29, 0.717) is 22.2 Å². The quantitative estimate of drug-likeness (QED) is 0.704. The molecule has 0 radical (unpaired) electrons. The first-order chi connectivity index (χ1) is 13.0. The van der Waals surface area contributed by atoms with Gasteiger partial charge in [-0.15, -0.1) is 0 Å². The van der Waals surface area contributed by atoms with Gasteiger partial charge < -0.3 is 10.1 Å². The lowest BCUT2D eigenvalue weighted by molar-refractivity contribution is -0.121. The minimum Gasteiger partial charge on any atom is -0.465 e. The van der Waals surface area contributed by atoms with Gasteiger partial charge in [-0.05, 0) is 43.4 Å². The molecule has 0 saturated carbocycles. The van der Waals surface area contributed by atoms with Crippen LogP contribution >= 0.6 is 15.9 Å². The van der Waals surface area contributed by atoms with Crippen molar-refractivity contribution < 1.29 is 18.7 Å². The summed E-state index contributed by atoms with van der Waals surface area (Å²) in [6.45, 7) is 0.944. The number of esters is 1. The fraction of sp³-hybridized carbons (Fsp3) is 0.421. The SMILES string of the molecule is COC(=O)c1c(CNC(=O)CCc2ccc(F)cc2Br)nn2c1CCCC2. The molecule has 0 spiro atoms. The normalized spacial score (nSPS) is 13.1. The lowest BCUT2D eigenvalue weighted by Crippen LogP contribution is -2.24. The summed E-state index contributed by atoms with van der Waals surface area (Å²) < 4.78 is 20.5. The number of methoxy groups -OCH3 is 1. The van der Waals surface area contributed by atoms with Crippen LogP contribution in [0, 0.1) is 5.82 Å². The Morgan fingerprint density at radius 1 is 1.37 bits per heavy atom. The minimum absolute atomic E-state index is 0.159. The number of rotatable bonds is 6. The largest absolute Gasteiger partial charge is 0.465 e. The molecule has 1 aromatic heterocycles. The van der Waals surface area contributed by atoms with Crippen molar-refractivity contribution in [2.24, 2.45) is 0 Å². The number of aromatic nitrogens is 2. The van der Waals surface area contributed by atoms with E-state index in [0.717, 1.165) is 37.1 Å². The molecular weight excluding hydrogens is 417 g/mol. The molecule has 0 aliphatic carbocycles. The summed E-state index contributed by atoms with van der Waals surface area (Å²) in [5, 5.41) is 7.30. The molecule has 0 fully saturated rings. The van der Waals surface area contributed by atoms with Crippen LogP contribution in [0.2, 0.25) is 0 Å². The fourth-order valence-corrected chi connectivity index (χ4v) is 3.80. The Bertz CT molecular complexity index is 866. The van der Waals surface area contributed by atoms with E-state index in [9.17, 15) is 14.0 Å². The molecule has 1 aromatic carbocycles. The standard InChI is InChI=1S/C19H21BrFN3O3/c1-27-19(26)18-15(23-24-9-3-2-4-16(18)24)11-22-17(25)8-6-12-5-7-13(21)10-14(12)20/h5,7,10H,2-4,6,8-9,11H2,1H3,(H,22,25). The lowest BCUT2D eigenvalue weighted by atomic mass is 10.0. The van der Waals surface area contributed by atoms with E-state index in [1.54, 1.807) is 6.07 Å². The number of carbonyl (C=O) groups is 2. The molecule has 0 unspecified atom stereocenters. The van der Waals surface area contributed by atoms with Gasteiger partial charge in [-0.2, -0.15) is 5.10 Å². The second-order valence-corrected chi connectivity index (χ2v) is 7.31. The van der Waals surface area contributed by atoms with E-state index >= 15 is 0 Å². The highest BCUT2D eigenvalue weighted by Gasteiger charge is 2.26. The number of fused-ring (bicyclic) bond motifs is 1. The monoisotopic (exact) mass is 437 g/mol. The highest BCUT2D eigenvalue weighted by molar-refractivity contribution is 9.10. The van der Waals surface area contributed by atoms with Crippen LogP contribution < -0.4 is 5.32 Å². The van der Waals surface area contributed by atoms with E-state index in [1.807, 2.05) is 4.68 Å². The molecule has 8 heteroatoms. The Kier molecular flexibility index (Phi) is 6.26. The third-order valence-corrected chi connectivity index (χ3v) is 5.38. The Morgan fingerprint density at radius 3 is 2.93 bits per heavy atom. The summed E-state index contributed by atoms with van der Waals surface area (Å²) >= 11 is 3.30. The maximum Gasteiger partial charge on any atom is 0.341 e. The molecule has 6 nitrogen and oxygen atoms in total. The average molecular weight is 438 g/mol. The number of hydrogen-bond donors (Lipinski definition) is 1. The van der Waals surface area contributed by atoms with Gasteiger partial charge in [-0.1, -0.05) is 22.0 Å². The van der Waals surface area contributed by atoms with Crippen LogP contribution in [0.4, 0.5) is 4.39 Å². The van der Waals surface area contributed by atoms with Gasteiger partial charge in [0.1, 0.15) is 11.4 Å². The predicted molar refractivity (Wildman–Crippen MR) is 101 cm³/mol. The molecule has 144 valence electrons. The van der Waals surface area contributed by atoms with Crippen molar-refractivity contribution in [3.63, 3.8) is 0 Å². The summed E-state index contributed by atoms with van der Waals surface area (Å²) in [4.78, 5) is 24.4. The highest BCUT2D eigenvalue weighted by atomic mass is 79.9. The van der Waals surface area contributed by atoms with Crippen LogP contribution in [0.25, 0.3) is 0 Å². The topological polar surface area (TPSA) is 73.2 Å². The van der Waals surface area contributed by atoms with E-state index in [4.69, 9.17) is 4.74 Å². The molecule has 1 aliphatic rings. The third-order valence-electron chi connectivity index (χ3n) is 4.64. The second kappa shape index (κ2) is 8.65. The molecule has 2 aromatic rings. The molecule has 3 rings (SSSR count). The molecule has 2 heterocycles. The Hall–Kier alpha value is -2.22. The third kappa shape index (κ3) is 4.55. The van der Waals surface area contributed by atoms with E-state index in [1.165, 1.54) is 19.2 Å². The van der Waals surface area contributed by atoms with E-state index < -0.39 is 5.97 Å². The summed E-state index contributed by atoms with van der Waals surface area (Å²) in [7, 11) is 1.35. The van der Waals surface area contributed by atoms with Crippen molar-refractivity contribution in [1.29, 1.82) is 0 Å². The highest BCUT2D eigenvalue weighted by Crippen LogP contribution is 2.23. The van der Waals surface area contributed by atoms with Crippen molar-refractivity contribution >= 4 is 27.8 Å². The number of benzene rings is 1. The second-order valence-electron chi connectivity index (χ2n) is 6.45. The van der Waals surface area contributed by atoms with Crippen LogP contribution in [0.5, 0.6) is 0 Å². The molecule has 0 atom stereocenters. The first kappa shape index (κ1) is 19.5. The van der Waals surface area contributed by atoms with Gasteiger partial charge in [0.25, 0.3) is 0 Å². The number of hydrogen-bond acceptors (Lipinski definition) is 4. The molecule has 27 heavy (non-hydrogen) atoms. The Labute approximate surface area is 165 Å². The van der Waals surface area contributed by atoms with Gasteiger partial charge in [0, 0.05) is 17.4 Å². The summed E-state index contributed by atoms with van der Waals surface area (Å²) in [5.41, 5.74) is 2.75. The van der Waals surface area contributed by atoms with Crippen LogP contribution in [0.1, 0.15) is 46.6 Å². The molecule has 0 bridgehead atoms. The molecule has 0 saturated heterocycles. The van der Waals surface area contributed by atoms with Crippen molar-refractivity contribution in [3.05, 3.63) is 51.0 Å². The van der Waals surface area contributed by atoms with Gasteiger partial charge in [-0.25, -0.2) is 9.18 Å². The van der Waals surface area contributed by atoms with E-state index in [2.05, 4.69) is 26.3 Å². The summed E-state index contributed by atoms with van der Waals surface area (Å²) in [6, 6.07) is 4.41. The van der Waals surface area contributed by atoms with Crippen LogP contribution in [-0.4, -0.2) is 28.8 Å². The first-order valence-corrected chi connectivity index (χ1v) is 9.66. The van der Waals surface area contributed by atoms with Crippen molar-refractivity contribution in [1.82, 2.24) is 15.1 Å². The number of halogens is 2. The van der Waals surface area contributed by atoms with Gasteiger partial charge in [0.05, 0.1) is 25.0 Å². The first-order valence-electron chi connectivity index (χ1n) is 8.87. The summed E-state index contributed by atoms with van der Waals surface area (Å²) in [5.74, 6) is -0.903. The molecule has 1 aliphatic heterocycles. The predicted octanol–water partition coefficient (Wildman–Crippen LogP) is 3.16. The average Bonchev–Trinajstić information content (AvgIpc) is 3.03. The van der Waals surface area contributed by atoms with Crippen molar-refractivity contribution in [3.8, 4) is 0 Å². The van der Waals surface area contributed by atoms with Gasteiger partial charge in [0.2, 0.25) is 5.91 Å². The molecule has 1 amide bonds. The van der Waals surface area contributed by atoms with Crippen molar-refractivity contribution in [2.75, 3.05) is 7.11 Å². The number of nitrogens with one attached hydrogen (secondary N) is 1. The Morgan fingerprint density at radius 2 is 2.19 bits per heavy atom. The van der Waals surface area contributed by atoms with Crippen LogP contribution in [0.15, 0.2) is 22.7 Å². The number of nitrogens with zero attached hydrogens (tertiary/aromatic N) is 2. The smallest absolute Gasteiger partial charge is 0.341 e. The van der Waals surface area contributed by atoms with Gasteiger partial charge in [0.15, 0.2) is 0 Å². The van der Waals surface area contributed by atoms with E-state index in [-0.39, 0.29) is 24.7 Å². The van der Waals surface area contributed by atoms with Crippen LogP contribution in [0.3, 0.4) is 0 Å². The zero-order chi connectivity index (χ0) is 19.4. The number of amides is 1. The van der Waals surface area contributed by atoms with Crippen LogP contribution in [-0.2, 0) is 35.5 Å². The zero-order valence-corrected chi connectivity index (χ0v) is 16.6. The van der Waals surface area contributed by atoms with Gasteiger partial charge >= 0.3 is 5.97 Å². The summed E-state index contributed by atoms with van der Waals surface area (Å²) in [6.07, 6.45) is 3.55. The Balaban J connectivity index is 1.63. The maximum atomic E-state index is 13.1. The number of ether oxygens (including phenoxy) is 1. The molecule has 1 N–H and O–H groups in total. The van der Waals surface area contributed by atoms with Gasteiger partial charge in [-0.3, -0.25) is 9.48 Å². The molecular formula is C19H21BrFN3O3. The zero-order valence-electron chi connectivity index (χ0n) is 15.1. The maximum absolute atomic E-state index is 13.1. The lowest BCUT2D eigenvalue weighted by Gasteiger charge is -2.13. The number of carbonyl (C=O) groups excluding carboxylic acids is 2. The minimum atomic E-state index is -0.419. The van der Waals surface area contributed by atoms with Crippen molar-refractivity contribution in [2.45, 2.75) is 45.2 Å². The fourth-order valence-electron chi connectivity index (χ4n) is 3.25. The number of aryl methyl sites for hydroxylation is 2.